The van der Waals surface area contributed by atoms with Gasteiger partial charge in [-0.1, -0.05) is 30.3 Å². The second-order valence-corrected chi connectivity index (χ2v) is 10.7. The van der Waals surface area contributed by atoms with Crippen molar-refractivity contribution in [1.29, 1.82) is 5.26 Å². The molecule has 1 fully saturated rings. The fourth-order valence-corrected chi connectivity index (χ4v) is 5.62. The normalized spacial score (nSPS) is 14.7. The number of hydrogen-bond acceptors (Lipinski definition) is 7. The molecule has 1 aliphatic heterocycles. The van der Waals surface area contributed by atoms with Crippen LogP contribution in [0.5, 0.6) is 0 Å². The van der Waals surface area contributed by atoms with Crippen molar-refractivity contribution < 1.29 is 17.2 Å². The van der Waals surface area contributed by atoms with Crippen LogP contribution in [0, 0.1) is 23.0 Å². The highest BCUT2D eigenvalue weighted by molar-refractivity contribution is 7.90. The van der Waals surface area contributed by atoms with Gasteiger partial charge < -0.3 is 4.90 Å². The second-order valence-electron chi connectivity index (χ2n) is 8.48. The fourth-order valence-electron chi connectivity index (χ4n) is 4.16. The maximum Gasteiger partial charge on any atom is 0.156 e. The number of hydrogen-bond donors (Lipinski definition) is 0. The summed E-state index contributed by atoms with van der Waals surface area (Å²) in [4.78, 5) is 4.30. The van der Waals surface area contributed by atoms with Crippen LogP contribution in [0.25, 0.3) is 16.9 Å². The minimum Gasteiger partial charge on any atom is -0.369 e. The molecular weight excluding hydrogens is 474 g/mol. The molecule has 1 aliphatic rings. The summed E-state index contributed by atoms with van der Waals surface area (Å²) in [6, 6.07) is 12.0. The Morgan fingerprint density at radius 1 is 1.11 bits per heavy atom. The van der Waals surface area contributed by atoms with Crippen molar-refractivity contribution in [3.8, 4) is 23.0 Å². The summed E-state index contributed by atoms with van der Waals surface area (Å²) in [5, 5.41) is 16.9. The van der Waals surface area contributed by atoms with Crippen LogP contribution in [0.15, 0.2) is 42.6 Å². The topological polar surface area (TPSA) is 95.1 Å². The van der Waals surface area contributed by atoms with Gasteiger partial charge in [-0.05, 0) is 24.6 Å². The molecule has 0 spiro atoms. The van der Waals surface area contributed by atoms with E-state index in [9.17, 15) is 12.8 Å². The molecule has 0 aliphatic carbocycles. The third-order valence-electron chi connectivity index (χ3n) is 5.93. The number of nitriles is 1. The van der Waals surface area contributed by atoms with Crippen molar-refractivity contribution in [1.82, 2.24) is 19.9 Å². The first-order chi connectivity index (χ1) is 16.8. The Hall–Kier alpha value is -3.36. The van der Waals surface area contributed by atoms with Crippen LogP contribution in [0.4, 0.5) is 14.5 Å². The van der Waals surface area contributed by atoms with Crippen molar-refractivity contribution in [2.24, 2.45) is 0 Å². The first-order valence-electron chi connectivity index (χ1n) is 11.4. The largest absolute Gasteiger partial charge is 0.369 e. The highest BCUT2D eigenvalue weighted by Gasteiger charge is 2.22. The molecule has 0 N–H and O–H groups in total. The molecule has 0 atom stereocenters. The summed E-state index contributed by atoms with van der Waals surface area (Å²) < 4.78 is 55.1. The highest BCUT2D eigenvalue weighted by atomic mass is 32.2. The van der Waals surface area contributed by atoms with Crippen LogP contribution in [0.2, 0.25) is 0 Å². The molecule has 0 saturated carbocycles. The van der Waals surface area contributed by atoms with Gasteiger partial charge in [-0.25, -0.2) is 21.9 Å². The zero-order valence-electron chi connectivity index (χ0n) is 19.4. The van der Waals surface area contributed by atoms with Crippen LogP contribution >= 0.6 is 0 Å². The Morgan fingerprint density at radius 3 is 2.60 bits per heavy atom. The maximum absolute atomic E-state index is 15.2. The van der Waals surface area contributed by atoms with E-state index in [4.69, 9.17) is 5.26 Å². The average molecular weight is 501 g/mol. The molecule has 2 heterocycles. The number of rotatable bonds is 8. The lowest BCUT2D eigenvalue weighted by molar-refractivity contribution is 0.287. The van der Waals surface area contributed by atoms with E-state index in [1.54, 1.807) is 6.92 Å². The van der Waals surface area contributed by atoms with E-state index in [-0.39, 0.29) is 11.3 Å². The van der Waals surface area contributed by atoms with Crippen molar-refractivity contribution in [2.75, 3.05) is 43.4 Å². The third kappa shape index (κ3) is 5.66. The quantitative estimate of drug-likeness (QED) is 0.439. The van der Waals surface area contributed by atoms with Crippen molar-refractivity contribution >= 4 is 15.5 Å². The molecule has 8 nitrogen and oxygen atoms in total. The Bertz CT molecular complexity index is 1340. The monoisotopic (exact) mass is 500 g/mol. The summed E-state index contributed by atoms with van der Waals surface area (Å²) >= 11 is 0. The molecule has 0 amide bonds. The summed E-state index contributed by atoms with van der Waals surface area (Å²) in [6.07, 6.45) is 1.84. The number of aromatic nitrogens is 3. The molecule has 1 aromatic heterocycles. The number of halogens is 2. The van der Waals surface area contributed by atoms with E-state index >= 15 is 4.39 Å². The lowest BCUT2D eigenvalue weighted by Gasteiger charge is -2.35. The van der Waals surface area contributed by atoms with Crippen molar-refractivity contribution in [2.45, 2.75) is 19.1 Å². The number of sulfone groups is 1. The molecule has 4 rings (SSSR count). The third-order valence-corrected chi connectivity index (χ3v) is 7.71. The SMILES string of the molecule is CCCS(=O)(=O)Cc1ccc(F)c(-n2cc(-c3cccc(N4CCN(CC#N)CC4)c3)nn2)c1F. The van der Waals surface area contributed by atoms with E-state index in [1.807, 2.05) is 24.3 Å². The van der Waals surface area contributed by atoms with Crippen LogP contribution in [0.1, 0.15) is 18.9 Å². The molecule has 11 heteroatoms. The molecule has 35 heavy (non-hydrogen) atoms. The van der Waals surface area contributed by atoms with Gasteiger partial charge in [0.25, 0.3) is 0 Å². The first-order valence-corrected chi connectivity index (χ1v) is 13.2. The molecule has 0 radical (unpaired) electrons. The second kappa shape index (κ2) is 10.5. The van der Waals surface area contributed by atoms with E-state index in [0.29, 0.717) is 18.7 Å². The van der Waals surface area contributed by atoms with Gasteiger partial charge in [0.2, 0.25) is 0 Å². The van der Waals surface area contributed by atoms with Gasteiger partial charge in [-0.3, -0.25) is 4.90 Å². The van der Waals surface area contributed by atoms with Crippen molar-refractivity contribution in [3.63, 3.8) is 0 Å². The van der Waals surface area contributed by atoms with Gasteiger partial charge in [0.1, 0.15) is 11.4 Å². The van der Waals surface area contributed by atoms with Gasteiger partial charge >= 0.3 is 0 Å². The van der Waals surface area contributed by atoms with Crippen LogP contribution in [0.3, 0.4) is 0 Å². The number of piperazine rings is 1. The Kier molecular flexibility index (Phi) is 7.42. The average Bonchev–Trinajstić information content (AvgIpc) is 3.32. The summed E-state index contributed by atoms with van der Waals surface area (Å²) in [5.41, 5.74) is 1.57. The number of benzene rings is 2. The van der Waals surface area contributed by atoms with Crippen LogP contribution in [-0.2, 0) is 15.6 Å². The predicted molar refractivity (Wildman–Crippen MR) is 129 cm³/mol. The Balaban J connectivity index is 1.58. The van der Waals surface area contributed by atoms with E-state index in [2.05, 4.69) is 26.2 Å². The van der Waals surface area contributed by atoms with E-state index in [0.717, 1.165) is 54.2 Å². The molecule has 0 unspecified atom stereocenters. The Morgan fingerprint density at radius 2 is 1.89 bits per heavy atom. The van der Waals surface area contributed by atoms with E-state index < -0.39 is 32.9 Å². The van der Waals surface area contributed by atoms with Crippen molar-refractivity contribution in [3.05, 3.63) is 59.8 Å². The number of anilines is 1. The minimum absolute atomic E-state index is 0.0731. The number of nitrogens with zero attached hydrogens (tertiary/aromatic N) is 6. The van der Waals surface area contributed by atoms with Gasteiger partial charge in [0.05, 0.1) is 30.3 Å². The molecule has 184 valence electrons. The minimum atomic E-state index is -3.51. The molecule has 0 bridgehead atoms. The van der Waals surface area contributed by atoms with Gasteiger partial charge in [-0.2, -0.15) is 5.26 Å². The van der Waals surface area contributed by atoms with Gasteiger partial charge in [0.15, 0.2) is 21.5 Å². The van der Waals surface area contributed by atoms with Crippen LogP contribution < -0.4 is 4.90 Å². The molecule has 1 saturated heterocycles. The van der Waals surface area contributed by atoms with Gasteiger partial charge in [0, 0.05) is 43.0 Å². The molecular formula is C24H26F2N6O2S. The highest BCUT2D eigenvalue weighted by Crippen LogP contribution is 2.27. The summed E-state index contributed by atoms with van der Waals surface area (Å²) in [6.45, 7) is 5.28. The van der Waals surface area contributed by atoms with E-state index in [1.165, 1.54) is 6.20 Å². The fraction of sp³-hybridized carbons (Fsp3) is 0.375. The summed E-state index contributed by atoms with van der Waals surface area (Å²) in [5.74, 6) is -2.41. The lowest BCUT2D eigenvalue weighted by Crippen LogP contribution is -2.46. The molecule has 2 aromatic carbocycles. The van der Waals surface area contributed by atoms with Gasteiger partial charge in [-0.15, -0.1) is 5.10 Å². The zero-order chi connectivity index (χ0) is 25.0. The first kappa shape index (κ1) is 24.8. The Labute approximate surface area is 203 Å². The summed E-state index contributed by atoms with van der Waals surface area (Å²) in [7, 11) is -3.51. The maximum atomic E-state index is 15.2. The lowest BCUT2D eigenvalue weighted by atomic mass is 10.1. The van der Waals surface area contributed by atoms with Crippen LogP contribution in [-0.4, -0.2) is 66.8 Å². The zero-order valence-corrected chi connectivity index (χ0v) is 20.2. The smallest absolute Gasteiger partial charge is 0.156 e. The molecule has 3 aromatic rings. The standard InChI is InChI=1S/C24H26F2N6O2S/c1-2-14-35(33,34)17-19-6-7-21(25)24(23(19)26)32-16-22(28-29-32)18-4-3-5-20(15-18)31-12-10-30(9-8-27)11-13-31/h3-7,15-16H,2,9-14,17H2,1H3. The predicted octanol–water partition coefficient (Wildman–Crippen LogP) is 3.18.